The van der Waals surface area contributed by atoms with Gasteiger partial charge in [-0.15, -0.1) is 0 Å². The fraction of sp³-hybridized carbons (Fsp3) is 1.00. The molecule has 0 saturated carbocycles. The van der Waals surface area contributed by atoms with Gasteiger partial charge in [-0.1, -0.05) is 32.6 Å². The Balaban J connectivity index is 2.91. The van der Waals surface area contributed by atoms with Crippen molar-refractivity contribution in [2.45, 2.75) is 39.0 Å². The molecule has 0 aromatic heterocycles. The Labute approximate surface area is 62.8 Å². The highest BCUT2D eigenvalue weighted by Crippen LogP contribution is 2.09. The number of unbranched alkanes of at least 4 members (excludes halogenated alkanes) is 4. The number of hydrogen-bond donors (Lipinski definition) is 0. The maximum Gasteiger partial charge on any atom is 0.315 e. The van der Waals surface area contributed by atoms with Gasteiger partial charge in [0.2, 0.25) is 0 Å². The summed E-state index contributed by atoms with van der Waals surface area (Å²) in [6, 6.07) is 0. The number of hydrogen-bond acceptors (Lipinski definition) is 2. The Kier molecular flexibility index (Phi) is 6.94. The Morgan fingerprint density at radius 2 is 1.60 bits per heavy atom. The van der Waals surface area contributed by atoms with Gasteiger partial charge in [0.05, 0.1) is 6.16 Å². The van der Waals surface area contributed by atoms with Gasteiger partial charge >= 0.3 is 7.68 Å². The molecule has 0 aliphatic heterocycles. The molecular weight excluding hydrogens is 147 g/mol. The molecule has 10 heavy (non-hydrogen) atoms. The van der Waals surface area contributed by atoms with Gasteiger partial charge in [-0.05, 0) is 6.42 Å². The molecule has 0 rings (SSSR count). The first kappa shape index (κ1) is 9.90. The molecule has 0 aliphatic rings. The minimum absolute atomic E-state index is 0.374. The van der Waals surface area contributed by atoms with Crippen LogP contribution in [0, 0.1) is 0 Å². The highest BCUT2D eigenvalue weighted by molar-refractivity contribution is 7.30. The molecule has 0 bridgehead atoms. The third-order valence-corrected chi connectivity index (χ3v) is 2.13. The summed E-state index contributed by atoms with van der Waals surface area (Å²) in [5.74, 6) is 0. The zero-order valence-corrected chi connectivity index (χ0v) is 7.40. The smallest absolute Gasteiger partial charge is 0.237 e. The van der Waals surface area contributed by atoms with Crippen molar-refractivity contribution in [1.82, 2.24) is 0 Å². The van der Waals surface area contributed by atoms with E-state index in [0.717, 1.165) is 12.8 Å². The molecule has 0 radical (unpaired) electrons. The summed E-state index contributed by atoms with van der Waals surface area (Å²) in [5, 5.41) is 0. The molecule has 0 amide bonds. The lowest BCUT2D eigenvalue weighted by atomic mass is 10.2. The second-order valence-electron chi connectivity index (χ2n) is 2.47. The Bertz CT molecular complexity index is 122. The second-order valence-corrected chi connectivity index (χ2v) is 3.58. The van der Waals surface area contributed by atoms with Crippen LogP contribution in [0.2, 0.25) is 0 Å². The van der Waals surface area contributed by atoms with Crippen LogP contribution in [0.5, 0.6) is 0 Å². The molecule has 0 atom stereocenters. The summed E-state index contributed by atoms with van der Waals surface area (Å²) < 4.78 is 20.1. The van der Waals surface area contributed by atoms with Crippen LogP contribution in [0.25, 0.3) is 0 Å². The molecule has 0 heterocycles. The van der Waals surface area contributed by atoms with Crippen LogP contribution in [-0.2, 0) is 9.13 Å². The first-order valence-electron chi connectivity index (χ1n) is 3.89. The van der Waals surface area contributed by atoms with Gasteiger partial charge in [0.25, 0.3) is 0 Å². The summed E-state index contributed by atoms with van der Waals surface area (Å²) >= 11 is 0. The van der Waals surface area contributed by atoms with E-state index in [-0.39, 0.29) is 0 Å². The van der Waals surface area contributed by atoms with Crippen LogP contribution in [-0.4, -0.2) is 6.16 Å². The highest BCUT2D eigenvalue weighted by Gasteiger charge is 1.91. The van der Waals surface area contributed by atoms with E-state index in [1.165, 1.54) is 19.3 Å². The molecule has 0 N–H and O–H groups in total. The molecule has 0 saturated heterocycles. The lowest BCUT2D eigenvalue weighted by Gasteiger charge is -1.93. The summed E-state index contributed by atoms with van der Waals surface area (Å²) in [6.45, 7) is 2.15. The van der Waals surface area contributed by atoms with Crippen molar-refractivity contribution in [3.8, 4) is 0 Å². The summed E-state index contributed by atoms with van der Waals surface area (Å²) in [4.78, 5) is 0. The Hall–Kier alpha value is -0.100. The van der Waals surface area contributed by atoms with Crippen molar-refractivity contribution in [3.05, 3.63) is 0 Å². The third kappa shape index (κ3) is 7.90. The van der Waals surface area contributed by atoms with Crippen LogP contribution >= 0.6 is 7.68 Å². The fourth-order valence-electron chi connectivity index (χ4n) is 0.844. The van der Waals surface area contributed by atoms with E-state index < -0.39 is 7.68 Å². The molecule has 0 fully saturated rings. The van der Waals surface area contributed by atoms with Crippen molar-refractivity contribution in [1.29, 1.82) is 0 Å². The summed E-state index contributed by atoms with van der Waals surface area (Å²) in [6.07, 6.45) is 5.91. The molecule has 0 aliphatic carbocycles. The molecular formula is C7H15O2P. The molecule has 3 heteroatoms. The average molecular weight is 162 g/mol. The maximum absolute atomic E-state index is 10.1. The normalized spacial score (nSPS) is 9.70. The van der Waals surface area contributed by atoms with Gasteiger partial charge in [0.1, 0.15) is 0 Å². The van der Waals surface area contributed by atoms with Gasteiger partial charge in [0.15, 0.2) is 0 Å². The van der Waals surface area contributed by atoms with E-state index >= 15 is 0 Å². The second kappa shape index (κ2) is 7.01. The van der Waals surface area contributed by atoms with Crippen molar-refractivity contribution in [2.75, 3.05) is 6.16 Å². The predicted octanol–water partition coefficient (Wildman–Crippen LogP) is 3.13. The lowest BCUT2D eigenvalue weighted by Crippen LogP contribution is -1.78. The van der Waals surface area contributed by atoms with E-state index in [1.807, 2.05) is 0 Å². The van der Waals surface area contributed by atoms with Crippen molar-refractivity contribution in [3.63, 3.8) is 0 Å². The van der Waals surface area contributed by atoms with E-state index in [0.29, 0.717) is 6.16 Å². The fourth-order valence-corrected chi connectivity index (χ4v) is 1.33. The van der Waals surface area contributed by atoms with Crippen LogP contribution in [0.4, 0.5) is 0 Å². The summed E-state index contributed by atoms with van der Waals surface area (Å²) in [5.41, 5.74) is 0. The minimum atomic E-state index is -2.12. The monoisotopic (exact) mass is 162 g/mol. The SMILES string of the molecule is CCCCCCCP(=O)=O. The van der Waals surface area contributed by atoms with Crippen LogP contribution in [0.1, 0.15) is 39.0 Å². The molecule has 0 aromatic rings. The topological polar surface area (TPSA) is 34.1 Å². The third-order valence-electron chi connectivity index (χ3n) is 1.44. The predicted molar refractivity (Wildman–Crippen MR) is 41.9 cm³/mol. The van der Waals surface area contributed by atoms with Gasteiger partial charge < -0.3 is 0 Å². The molecule has 0 aromatic carbocycles. The van der Waals surface area contributed by atoms with Gasteiger partial charge in [-0.2, -0.15) is 0 Å². The molecule has 60 valence electrons. The first-order chi connectivity index (χ1) is 4.77. The zero-order chi connectivity index (χ0) is 7.82. The average Bonchev–Trinajstić information content (AvgIpc) is 1.87. The largest absolute Gasteiger partial charge is 0.315 e. The molecule has 2 nitrogen and oxygen atoms in total. The van der Waals surface area contributed by atoms with Gasteiger partial charge in [-0.3, -0.25) is 0 Å². The number of rotatable bonds is 6. The molecule has 0 spiro atoms. The Morgan fingerprint density at radius 1 is 1.00 bits per heavy atom. The van der Waals surface area contributed by atoms with Crippen LogP contribution < -0.4 is 0 Å². The van der Waals surface area contributed by atoms with Gasteiger partial charge in [0, 0.05) is 0 Å². The van der Waals surface area contributed by atoms with Crippen molar-refractivity contribution < 1.29 is 9.13 Å². The van der Waals surface area contributed by atoms with E-state index in [4.69, 9.17) is 0 Å². The van der Waals surface area contributed by atoms with E-state index in [2.05, 4.69) is 6.92 Å². The van der Waals surface area contributed by atoms with Crippen molar-refractivity contribution >= 4 is 7.68 Å². The molecule has 0 unspecified atom stereocenters. The lowest BCUT2D eigenvalue weighted by molar-refractivity contribution is 0.512. The maximum atomic E-state index is 10.1. The van der Waals surface area contributed by atoms with Crippen LogP contribution in [0.15, 0.2) is 0 Å². The minimum Gasteiger partial charge on any atom is -0.237 e. The highest BCUT2D eigenvalue weighted by atomic mass is 31.1. The standard InChI is InChI=1S/C7H15O2P/c1-2-3-4-5-6-7-10(8)9/h2-7H2,1H3. The van der Waals surface area contributed by atoms with E-state index in [9.17, 15) is 9.13 Å². The van der Waals surface area contributed by atoms with E-state index in [1.54, 1.807) is 0 Å². The van der Waals surface area contributed by atoms with Crippen molar-refractivity contribution in [2.24, 2.45) is 0 Å². The van der Waals surface area contributed by atoms with Crippen LogP contribution in [0.3, 0.4) is 0 Å². The summed E-state index contributed by atoms with van der Waals surface area (Å²) in [7, 11) is -2.12. The first-order valence-corrected chi connectivity index (χ1v) is 5.25. The quantitative estimate of drug-likeness (QED) is 0.444. The zero-order valence-electron chi connectivity index (χ0n) is 6.51. The Morgan fingerprint density at radius 3 is 2.10 bits per heavy atom. The van der Waals surface area contributed by atoms with Gasteiger partial charge in [-0.25, -0.2) is 9.13 Å².